The van der Waals surface area contributed by atoms with Crippen LogP contribution < -0.4 is 5.32 Å². The number of hydrogen-bond acceptors (Lipinski definition) is 4. The van der Waals surface area contributed by atoms with Gasteiger partial charge >= 0.3 is 0 Å². The van der Waals surface area contributed by atoms with E-state index in [9.17, 15) is 9.18 Å². The molecule has 1 heterocycles. The highest BCUT2D eigenvalue weighted by molar-refractivity contribution is 5.74. The Kier molecular flexibility index (Phi) is 6.47. The van der Waals surface area contributed by atoms with Crippen LogP contribution in [-0.2, 0) is 17.9 Å². The van der Waals surface area contributed by atoms with Crippen molar-refractivity contribution in [1.82, 2.24) is 15.1 Å². The van der Waals surface area contributed by atoms with Gasteiger partial charge in [0.2, 0.25) is 0 Å². The zero-order chi connectivity index (χ0) is 19.9. The summed E-state index contributed by atoms with van der Waals surface area (Å²) in [5.74, 6) is -0.275. The zero-order valence-electron chi connectivity index (χ0n) is 15.4. The van der Waals surface area contributed by atoms with Gasteiger partial charge in [0, 0.05) is 24.8 Å². The third kappa shape index (κ3) is 4.79. The van der Waals surface area contributed by atoms with Crippen LogP contribution in [0.2, 0.25) is 0 Å². The fraction of sp³-hybridized carbons (Fsp3) is 0.182. The van der Waals surface area contributed by atoms with Crippen molar-refractivity contribution in [2.45, 2.75) is 13.1 Å². The van der Waals surface area contributed by atoms with Crippen molar-refractivity contribution >= 4 is 6.29 Å². The Bertz CT molecular complexity index is 964. The topological polar surface area (TPSA) is 67.2 Å². The van der Waals surface area contributed by atoms with Crippen molar-refractivity contribution in [3.63, 3.8) is 0 Å². The van der Waals surface area contributed by atoms with Crippen LogP contribution >= 0.6 is 0 Å². The van der Waals surface area contributed by atoms with Gasteiger partial charge in [0.05, 0.1) is 18.8 Å². The molecule has 0 radical (unpaired) electrons. The Morgan fingerprint density at radius 3 is 2.64 bits per heavy atom. The van der Waals surface area contributed by atoms with Gasteiger partial charge in [-0.3, -0.25) is 9.48 Å². The average Bonchev–Trinajstić information content (AvgIpc) is 3.17. The van der Waals surface area contributed by atoms with Crippen molar-refractivity contribution in [3.05, 3.63) is 78.3 Å². The van der Waals surface area contributed by atoms with Crippen LogP contribution in [0.4, 0.5) is 4.39 Å². The highest BCUT2D eigenvalue weighted by Crippen LogP contribution is 2.29. The molecule has 2 N–H and O–H groups in total. The van der Waals surface area contributed by atoms with Crippen LogP contribution in [0, 0.1) is 5.82 Å². The predicted octanol–water partition coefficient (Wildman–Crippen LogP) is 3.19. The number of aldehydes is 1. The van der Waals surface area contributed by atoms with Gasteiger partial charge in [-0.25, -0.2) is 4.39 Å². The first-order chi connectivity index (χ1) is 13.6. The van der Waals surface area contributed by atoms with E-state index in [0.717, 1.165) is 34.2 Å². The Labute approximate surface area is 163 Å². The van der Waals surface area contributed by atoms with E-state index in [0.29, 0.717) is 25.2 Å². The summed E-state index contributed by atoms with van der Waals surface area (Å²) in [5, 5.41) is 16.9. The van der Waals surface area contributed by atoms with Gasteiger partial charge in [0.15, 0.2) is 0 Å². The van der Waals surface area contributed by atoms with Crippen molar-refractivity contribution < 1.29 is 14.3 Å². The van der Waals surface area contributed by atoms with E-state index in [4.69, 9.17) is 5.11 Å². The van der Waals surface area contributed by atoms with E-state index in [1.807, 2.05) is 30.5 Å². The molecular formula is C22H22FN3O2. The van der Waals surface area contributed by atoms with Crippen LogP contribution in [0.15, 0.2) is 66.9 Å². The maximum atomic E-state index is 13.2. The standard InChI is InChI=1S/C22H22FN3O2/c1-16(15-28)13-24-14-19-3-2-18(17-4-6-20(23)7-5-17)12-21(19)22-8-9-26(25-22)10-11-27/h2-9,12,15,24,27H,1,10-11,13-14H2. The largest absolute Gasteiger partial charge is 0.394 e. The maximum Gasteiger partial charge on any atom is 0.146 e. The minimum Gasteiger partial charge on any atom is -0.394 e. The summed E-state index contributed by atoms with van der Waals surface area (Å²) >= 11 is 0. The van der Waals surface area contributed by atoms with E-state index in [-0.39, 0.29) is 12.4 Å². The van der Waals surface area contributed by atoms with Crippen molar-refractivity contribution in [1.29, 1.82) is 0 Å². The van der Waals surface area contributed by atoms with Crippen LogP contribution in [0.3, 0.4) is 0 Å². The number of halogens is 1. The summed E-state index contributed by atoms with van der Waals surface area (Å²) < 4.78 is 14.9. The lowest BCUT2D eigenvalue weighted by atomic mass is 9.97. The first-order valence-corrected chi connectivity index (χ1v) is 8.98. The van der Waals surface area contributed by atoms with E-state index in [2.05, 4.69) is 17.0 Å². The normalized spacial score (nSPS) is 10.8. The summed E-state index contributed by atoms with van der Waals surface area (Å²) in [4.78, 5) is 10.7. The number of nitrogens with zero attached hydrogens (tertiary/aromatic N) is 2. The number of aromatic nitrogens is 2. The maximum absolute atomic E-state index is 13.2. The van der Waals surface area contributed by atoms with Gasteiger partial charge in [0.25, 0.3) is 0 Å². The molecule has 0 aliphatic rings. The number of benzene rings is 2. The molecule has 2 aromatic carbocycles. The van der Waals surface area contributed by atoms with E-state index < -0.39 is 0 Å². The molecule has 0 amide bonds. The number of aliphatic hydroxyl groups excluding tert-OH is 1. The molecule has 0 fully saturated rings. The second-order valence-corrected chi connectivity index (χ2v) is 6.45. The predicted molar refractivity (Wildman–Crippen MR) is 107 cm³/mol. The van der Waals surface area contributed by atoms with Gasteiger partial charge in [-0.05, 0) is 46.5 Å². The molecule has 144 valence electrons. The molecule has 28 heavy (non-hydrogen) atoms. The van der Waals surface area contributed by atoms with Crippen LogP contribution in [0.25, 0.3) is 22.4 Å². The van der Waals surface area contributed by atoms with Gasteiger partial charge in [-0.2, -0.15) is 5.10 Å². The Hall–Kier alpha value is -3.09. The lowest BCUT2D eigenvalue weighted by Gasteiger charge is -2.12. The molecule has 0 saturated carbocycles. The summed E-state index contributed by atoms with van der Waals surface area (Å²) in [5.41, 5.74) is 5.07. The lowest BCUT2D eigenvalue weighted by molar-refractivity contribution is -0.104. The number of hydrogen-bond donors (Lipinski definition) is 2. The van der Waals surface area contributed by atoms with Gasteiger partial charge in [0.1, 0.15) is 12.1 Å². The zero-order valence-corrected chi connectivity index (χ0v) is 15.4. The second kappa shape index (κ2) is 9.21. The molecule has 0 aliphatic heterocycles. The smallest absolute Gasteiger partial charge is 0.146 e. The Morgan fingerprint density at radius 1 is 1.18 bits per heavy atom. The monoisotopic (exact) mass is 379 g/mol. The molecule has 5 nitrogen and oxygen atoms in total. The first kappa shape index (κ1) is 19.7. The molecule has 0 unspecified atom stereocenters. The SMILES string of the molecule is C=C(C=O)CNCc1ccc(-c2ccc(F)cc2)cc1-c1ccn(CCO)n1. The number of aliphatic hydroxyl groups is 1. The Morgan fingerprint density at radius 2 is 1.93 bits per heavy atom. The summed E-state index contributed by atoms with van der Waals surface area (Å²) in [6.07, 6.45) is 2.56. The summed E-state index contributed by atoms with van der Waals surface area (Å²) in [6, 6.07) is 14.2. The molecule has 3 rings (SSSR count). The molecule has 0 bridgehead atoms. The molecule has 1 aromatic heterocycles. The third-order valence-corrected chi connectivity index (χ3v) is 4.37. The first-order valence-electron chi connectivity index (χ1n) is 8.98. The van der Waals surface area contributed by atoms with Gasteiger partial charge in [-0.1, -0.05) is 30.8 Å². The van der Waals surface area contributed by atoms with Crippen LogP contribution in [0.5, 0.6) is 0 Å². The molecule has 0 aliphatic carbocycles. The number of rotatable bonds is 9. The third-order valence-electron chi connectivity index (χ3n) is 4.37. The second-order valence-electron chi connectivity index (χ2n) is 6.45. The van der Waals surface area contributed by atoms with E-state index in [1.165, 1.54) is 12.1 Å². The highest BCUT2D eigenvalue weighted by atomic mass is 19.1. The number of nitrogens with one attached hydrogen (secondary N) is 1. The van der Waals surface area contributed by atoms with E-state index >= 15 is 0 Å². The fourth-order valence-corrected chi connectivity index (χ4v) is 2.92. The Balaban J connectivity index is 1.94. The summed E-state index contributed by atoms with van der Waals surface area (Å²) in [7, 11) is 0. The molecule has 3 aromatic rings. The minimum absolute atomic E-state index is 0.0129. The summed E-state index contributed by atoms with van der Waals surface area (Å²) in [6.45, 7) is 5.05. The molecule has 0 spiro atoms. The van der Waals surface area contributed by atoms with E-state index in [1.54, 1.807) is 16.8 Å². The molecular weight excluding hydrogens is 357 g/mol. The minimum atomic E-state index is -0.275. The lowest BCUT2D eigenvalue weighted by Crippen LogP contribution is -2.17. The van der Waals surface area contributed by atoms with Gasteiger partial charge < -0.3 is 10.4 Å². The molecule has 0 atom stereocenters. The number of carbonyl (C=O) groups is 1. The molecule has 6 heteroatoms. The van der Waals surface area contributed by atoms with Crippen LogP contribution in [0.1, 0.15) is 5.56 Å². The van der Waals surface area contributed by atoms with Gasteiger partial charge in [-0.15, -0.1) is 0 Å². The quantitative estimate of drug-likeness (QED) is 0.443. The van der Waals surface area contributed by atoms with Crippen molar-refractivity contribution in [2.24, 2.45) is 0 Å². The van der Waals surface area contributed by atoms with Crippen molar-refractivity contribution in [2.75, 3.05) is 13.2 Å². The average molecular weight is 379 g/mol. The molecule has 0 saturated heterocycles. The highest BCUT2D eigenvalue weighted by Gasteiger charge is 2.11. The fourth-order valence-electron chi connectivity index (χ4n) is 2.92. The van der Waals surface area contributed by atoms with Crippen molar-refractivity contribution in [3.8, 4) is 22.4 Å². The van der Waals surface area contributed by atoms with Crippen LogP contribution in [-0.4, -0.2) is 34.3 Å². The number of carbonyl (C=O) groups excluding carboxylic acids is 1.